The Balaban J connectivity index is 1.15. The molecule has 33 heavy (non-hydrogen) atoms. The highest BCUT2D eigenvalue weighted by molar-refractivity contribution is 5.99. The summed E-state index contributed by atoms with van der Waals surface area (Å²) in [5, 5.41) is 12.8. The number of aliphatic hydroxyl groups excluding tert-OH is 1. The van der Waals surface area contributed by atoms with Gasteiger partial charge < -0.3 is 20.9 Å². The molecular weight excluding hydrogens is 416 g/mol. The number of aliphatic hydroxyl groups is 1. The zero-order valence-corrected chi connectivity index (χ0v) is 19.0. The highest BCUT2D eigenvalue weighted by Crippen LogP contribution is 2.83. The Hall–Kier alpha value is -2.48. The monoisotopic (exact) mass is 448 g/mol. The Morgan fingerprint density at radius 3 is 2.64 bits per heavy atom. The molecule has 2 unspecified atom stereocenters. The minimum Gasteiger partial charge on any atom is -0.393 e. The summed E-state index contributed by atoms with van der Waals surface area (Å²) in [7, 11) is 1.77. The summed E-state index contributed by atoms with van der Waals surface area (Å²) in [6.07, 6.45) is 4.51. The zero-order chi connectivity index (χ0) is 22.7. The topological polar surface area (TPSA) is 101 Å². The molecule has 4 atom stereocenters. The average Bonchev–Trinajstić information content (AvgIpc) is 3.66. The Morgan fingerprint density at radius 2 is 1.94 bits per heavy atom. The third-order valence-electron chi connectivity index (χ3n) is 8.48. The molecule has 1 amide bonds. The number of carbonyl (C=O) groups excluding carboxylic acids is 1. The van der Waals surface area contributed by atoms with Crippen LogP contribution in [0.25, 0.3) is 11.1 Å². The molecule has 7 nitrogen and oxygen atoms in total. The van der Waals surface area contributed by atoms with Gasteiger partial charge in [0.15, 0.2) is 0 Å². The predicted molar refractivity (Wildman–Crippen MR) is 126 cm³/mol. The number of hydrogen-bond donors (Lipinski definition) is 3. The van der Waals surface area contributed by atoms with Gasteiger partial charge in [-0.05, 0) is 54.7 Å². The van der Waals surface area contributed by atoms with Gasteiger partial charge in [0.05, 0.1) is 18.3 Å². The van der Waals surface area contributed by atoms with Gasteiger partial charge in [0.25, 0.3) is 5.91 Å². The lowest BCUT2D eigenvalue weighted by atomic mass is 9.87. The van der Waals surface area contributed by atoms with Crippen LogP contribution in [-0.2, 0) is 10.2 Å². The van der Waals surface area contributed by atoms with Gasteiger partial charge in [-0.2, -0.15) is 0 Å². The Kier molecular flexibility index (Phi) is 4.98. The van der Waals surface area contributed by atoms with Crippen molar-refractivity contribution in [3.8, 4) is 11.1 Å². The predicted octanol–water partition coefficient (Wildman–Crippen LogP) is 2.19. The van der Waals surface area contributed by atoms with Crippen LogP contribution >= 0.6 is 0 Å². The minimum atomic E-state index is -0.249. The molecule has 1 aromatic heterocycles. The number of fused-ring (bicyclic) bond motifs is 1. The van der Waals surface area contributed by atoms with Crippen molar-refractivity contribution in [3.63, 3.8) is 0 Å². The van der Waals surface area contributed by atoms with E-state index in [9.17, 15) is 9.90 Å². The van der Waals surface area contributed by atoms with Crippen LogP contribution in [0.2, 0.25) is 0 Å². The van der Waals surface area contributed by atoms with E-state index in [0.717, 1.165) is 74.4 Å². The normalized spacial score (nSPS) is 34.1. The molecule has 3 saturated carbocycles. The second-order valence-corrected chi connectivity index (χ2v) is 10.3. The zero-order valence-electron chi connectivity index (χ0n) is 19.0. The number of anilines is 1. The van der Waals surface area contributed by atoms with Crippen molar-refractivity contribution in [2.24, 2.45) is 11.8 Å². The molecule has 7 heteroatoms. The molecule has 5 fully saturated rings. The van der Waals surface area contributed by atoms with E-state index in [-0.39, 0.29) is 23.9 Å². The fourth-order valence-corrected chi connectivity index (χ4v) is 6.58. The number of aromatic nitrogens is 1. The van der Waals surface area contributed by atoms with E-state index < -0.39 is 0 Å². The molecule has 3 aliphatic carbocycles. The summed E-state index contributed by atoms with van der Waals surface area (Å²) in [6, 6.07) is 11.5. The molecule has 7 rings (SSSR count). The van der Waals surface area contributed by atoms with Crippen molar-refractivity contribution in [3.05, 3.63) is 47.7 Å². The largest absolute Gasteiger partial charge is 0.393 e. The molecule has 0 radical (unpaired) electrons. The Labute approximate surface area is 194 Å². The maximum Gasteiger partial charge on any atom is 0.255 e. The van der Waals surface area contributed by atoms with Crippen LogP contribution in [0.5, 0.6) is 0 Å². The number of piperidine rings is 1. The molecule has 4 N–H and O–H groups in total. The van der Waals surface area contributed by atoms with Crippen molar-refractivity contribution in [2.45, 2.75) is 49.3 Å². The van der Waals surface area contributed by atoms with Gasteiger partial charge in [-0.25, -0.2) is 4.98 Å². The first-order chi connectivity index (χ1) is 16.0. The number of ether oxygens (including phenoxy) is 1. The number of rotatable bonds is 7. The molecule has 2 saturated heterocycles. The third-order valence-corrected chi connectivity index (χ3v) is 8.48. The number of nitrogens with one attached hydrogen (secondary N) is 1. The lowest BCUT2D eigenvalue weighted by molar-refractivity contribution is 0.0868. The van der Waals surface area contributed by atoms with Crippen LogP contribution in [0.15, 0.2) is 36.5 Å². The van der Waals surface area contributed by atoms with E-state index in [1.54, 1.807) is 13.3 Å². The van der Waals surface area contributed by atoms with Crippen molar-refractivity contribution < 1.29 is 14.6 Å². The minimum absolute atomic E-state index is 0.0752. The first-order valence-corrected chi connectivity index (χ1v) is 12.1. The van der Waals surface area contributed by atoms with E-state index in [4.69, 9.17) is 10.5 Å². The molecular formula is C26H32N4O3. The number of nitrogens with zero attached hydrogens (tertiary/aromatic N) is 2. The fourth-order valence-electron chi connectivity index (χ4n) is 6.58. The molecule has 5 aliphatic rings. The quantitative estimate of drug-likeness (QED) is 0.600. The molecule has 1 aromatic carbocycles. The summed E-state index contributed by atoms with van der Waals surface area (Å²) in [6.45, 7) is 2.97. The van der Waals surface area contributed by atoms with Gasteiger partial charge in [-0.15, -0.1) is 0 Å². The number of pyridine rings is 1. The van der Waals surface area contributed by atoms with E-state index in [0.29, 0.717) is 11.0 Å². The summed E-state index contributed by atoms with van der Waals surface area (Å²) < 4.78 is 5.27. The third kappa shape index (κ3) is 3.36. The molecule has 3 heterocycles. The number of hydrogen-bond acceptors (Lipinski definition) is 6. The summed E-state index contributed by atoms with van der Waals surface area (Å²) >= 11 is 0. The fraction of sp³-hybridized carbons (Fsp3) is 0.538. The molecule has 0 spiro atoms. The number of amides is 1. The average molecular weight is 449 g/mol. The molecule has 2 bridgehead atoms. The van der Waals surface area contributed by atoms with E-state index in [1.807, 2.05) is 6.07 Å². The highest BCUT2D eigenvalue weighted by atomic mass is 16.5. The molecule has 174 valence electrons. The smallest absolute Gasteiger partial charge is 0.255 e. The molecule has 2 aromatic rings. The lowest BCUT2D eigenvalue weighted by Crippen LogP contribution is -2.38. The number of nitrogen functional groups attached to an aromatic ring is 1. The summed E-state index contributed by atoms with van der Waals surface area (Å²) in [5.74, 6) is 1.71. The number of nitrogens with two attached hydrogens (primary N) is 1. The Bertz CT molecular complexity index is 1050. The van der Waals surface area contributed by atoms with Gasteiger partial charge in [0.2, 0.25) is 0 Å². The summed E-state index contributed by atoms with van der Waals surface area (Å²) in [5.41, 5.74) is 10.2. The van der Waals surface area contributed by atoms with Crippen LogP contribution in [0.3, 0.4) is 0 Å². The van der Waals surface area contributed by atoms with Gasteiger partial charge in [-0.3, -0.25) is 9.69 Å². The maximum atomic E-state index is 12.9. The van der Waals surface area contributed by atoms with Gasteiger partial charge >= 0.3 is 0 Å². The van der Waals surface area contributed by atoms with E-state index in [1.165, 1.54) is 5.56 Å². The maximum absolute atomic E-state index is 12.9. The van der Waals surface area contributed by atoms with Crippen LogP contribution in [-0.4, -0.2) is 65.9 Å². The summed E-state index contributed by atoms with van der Waals surface area (Å²) in [4.78, 5) is 19.8. The van der Waals surface area contributed by atoms with E-state index in [2.05, 4.69) is 39.5 Å². The van der Waals surface area contributed by atoms with Crippen LogP contribution < -0.4 is 11.1 Å². The van der Waals surface area contributed by atoms with Crippen molar-refractivity contribution >= 4 is 11.7 Å². The van der Waals surface area contributed by atoms with Crippen LogP contribution in [0.1, 0.15) is 41.6 Å². The van der Waals surface area contributed by atoms with Crippen LogP contribution in [0, 0.1) is 11.8 Å². The van der Waals surface area contributed by atoms with Crippen molar-refractivity contribution in [1.29, 1.82) is 0 Å². The van der Waals surface area contributed by atoms with Crippen molar-refractivity contribution in [2.75, 3.05) is 32.5 Å². The van der Waals surface area contributed by atoms with Gasteiger partial charge in [0, 0.05) is 49.5 Å². The second kappa shape index (κ2) is 7.79. The number of carbonyl (C=O) groups is 1. The number of benzene rings is 1. The van der Waals surface area contributed by atoms with E-state index >= 15 is 0 Å². The standard InChI is InChI=1S/C26H32N4O3/c1-33-11-10-30-14-26(21-22(26)23(21)30)17-4-2-15(3-5-17)16-12-20(24(27)28-13-16)25(32)29-18-6-8-19(31)9-7-18/h2-5,12-13,18-19,21-23,31H,6-11,14H2,1H3,(H2,27,28)(H,29,32)/t18-,19-,21-,22?,23?,26-/m0/s1. The first-order valence-electron chi connectivity index (χ1n) is 12.1. The lowest BCUT2D eigenvalue weighted by Gasteiger charge is -2.26. The van der Waals surface area contributed by atoms with Crippen LogP contribution in [0.4, 0.5) is 5.82 Å². The molecule has 2 aliphatic heterocycles. The van der Waals surface area contributed by atoms with Gasteiger partial charge in [0.1, 0.15) is 5.82 Å². The SMILES string of the molecule is COCCN1C[C@@]2(c3ccc(-c4cnc(N)c(C(=O)N[C@H]5CC[C@H](O)CC5)c4)cc3)C3C1[C@H]32. The first kappa shape index (κ1) is 21.1. The highest BCUT2D eigenvalue weighted by Gasteiger charge is 2.90. The second-order valence-electron chi connectivity index (χ2n) is 10.3. The van der Waals surface area contributed by atoms with Gasteiger partial charge in [-0.1, -0.05) is 24.3 Å². The van der Waals surface area contributed by atoms with Crippen molar-refractivity contribution in [1.82, 2.24) is 15.2 Å². The number of methoxy groups -OCH3 is 1. The Morgan fingerprint density at radius 1 is 1.21 bits per heavy atom.